The lowest BCUT2D eigenvalue weighted by Crippen LogP contribution is -2.13. The van der Waals surface area contributed by atoms with Crippen LogP contribution in [0.4, 0.5) is 0 Å². The molecule has 0 bridgehead atoms. The molecule has 0 saturated carbocycles. The van der Waals surface area contributed by atoms with Crippen LogP contribution in [0.3, 0.4) is 0 Å². The molecule has 90 valence electrons. The van der Waals surface area contributed by atoms with Crippen molar-refractivity contribution >= 4 is 41.8 Å². The molecule has 1 aromatic carbocycles. The Morgan fingerprint density at radius 1 is 1.18 bits per heavy atom. The first kappa shape index (κ1) is 13.6. The monoisotopic (exact) mass is 270 g/mol. The van der Waals surface area contributed by atoms with Crippen LogP contribution in [-0.4, -0.2) is 11.6 Å². The van der Waals surface area contributed by atoms with Gasteiger partial charge in [-0.2, -0.15) is 0 Å². The number of benzene rings is 1. The molecule has 17 heavy (non-hydrogen) atoms. The van der Waals surface area contributed by atoms with Crippen LogP contribution >= 0.6 is 24.8 Å². The van der Waals surface area contributed by atoms with Gasteiger partial charge in [0.15, 0.2) is 0 Å². The summed E-state index contributed by atoms with van der Waals surface area (Å²) in [4.78, 5) is 4.29. The molecule has 0 unspecified atom stereocenters. The Morgan fingerprint density at radius 2 is 2.00 bits per heavy atom. The molecule has 0 amide bonds. The van der Waals surface area contributed by atoms with Gasteiger partial charge in [0.25, 0.3) is 0 Å². The molecule has 0 fully saturated rings. The summed E-state index contributed by atoms with van der Waals surface area (Å²) in [7, 11) is 0. The predicted molar refractivity (Wildman–Crippen MR) is 73.9 cm³/mol. The van der Waals surface area contributed by atoms with Gasteiger partial charge in [0.05, 0.1) is 5.52 Å². The van der Waals surface area contributed by atoms with Crippen molar-refractivity contribution in [3.63, 3.8) is 0 Å². The van der Waals surface area contributed by atoms with Gasteiger partial charge >= 0.3 is 0 Å². The van der Waals surface area contributed by atoms with Gasteiger partial charge in [-0.1, -0.05) is 6.07 Å². The molecule has 5 heteroatoms. The highest BCUT2D eigenvalue weighted by atomic mass is 35.5. The SMILES string of the molecule is Cl.Cl.NC1=Cc2c(ccc3ncccc23)OC1. The van der Waals surface area contributed by atoms with Crippen molar-refractivity contribution in [3.8, 4) is 5.75 Å². The molecule has 0 aliphatic carbocycles. The summed E-state index contributed by atoms with van der Waals surface area (Å²) in [5.74, 6) is 0.879. The Kier molecular flexibility index (Phi) is 4.21. The Morgan fingerprint density at radius 3 is 2.82 bits per heavy atom. The van der Waals surface area contributed by atoms with Crippen LogP contribution in [0.25, 0.3) is 17.0 Å². The van der Waals surface area contributed by atoms with Gasteiger partial charge in [-0.15, -0.1) is 24.8 Å². The lowest BCUT2D eigenvalue weighted by atomic mass is 10.0. The van der Waals surface area contributed by atoms with E-state index < -0.39 is 0 Å². The first-order valence-corrected chi connectivity index (χ1v) is 4.81. The molecule has 0 spiro atoms. The topological polar surface area (TPSA) is 48.1 Å². The summed E-state index contributed by atoms with van der Waals surface area (Å²) in [6.45, 7) is 0.471. The van der Waals surface area contributed by atoms with Crippen molar-refractivity contribution in [3.05, 3.63) is 41.7 Å². The normalized spacial score (nSPS) is 12.6. The Balaban J connectivity index is 0.000000722. The zero-order valence-electron chi connectivity index (χ0n) is 8.92. The number of nitrogens with zero attached hydrogens (tertiary/aromatic N) is 1. The van der Waals surface area contributed by atoms with Crippen LogP contribution < -0.4 is 10.5 Å². The predicted octanol–water partition coefficient (Wildman–Crippen LogP) is 2.77. The van der Waals surface area contributed by atoms with Crippen LogP contribution in [0.1, 0.15) is 5.56 Å². The number of nitrogens with two attached hydrogens (primary N) is 1. The number of hydrogen-bond acceptors (Lipinski definition) is 3. The maximum atomic E-state index is 5.76. The number of pyridine rings is 1. The van der Waals surface area contributed by atoms with Crippen molar-refractivity contribution in [1.82, 2.24) is 4.98 Å². The van der Waals surface area contributed by atoms with Crippen LogP contribution in [0.2, 0.25) is 0 Å². The second-order valence-electron chi connectivity index (χ2n) is 3.56. The van der Waals surface area contributed by atoms with Crippen LogP contribution in [0, 0.1) is 0 Å². The van der Waals surface area contributed by atoms with Crippen LogP contribution in [0.15, 0.2) is 36.2 Å². The number of halogens is 2. The maximum absolute atomic E-state index is 5.76. The highest BCUT2D eigenvalue weighted by Crippen LogP contribution is 2.31. The zero-order chi connectivity index (χ0) is 10.3. The summed E-state index contributed by atoms with van der Waals surface area (Å²) < 4.78 is 5.52. The molecule has 0 radical (unpaired) electrons. The van der Waals surface area contributed by atoms with Gasteiger partial charge in [0.2, 0.25) is 0 Å². The minimum Gasteiger partial charge on any atom is -0.487 e. The Labute approximate surface area is 111 Å². The van der Waals surface area contributed by atoms with E-state index in [1.165, 1.54) is 0 Å². The molecule has 1 aliphatic rings. The van der Waals surface area contributed by atoms with Gasteiger partial charge in [-0.3, -0.25) is 4.98 Å². The molecule has 2 N–H and O–H groups in total. The average Bonchev–Trinajstić information content (AvgIpc) is 2.29. The third-order valence-electron chi connectivity index (χ3n) is 2.51. The first-order chi connectivity index (χ1) is 7.34. The Bertz CT molecular complexity index is 569. The van der Waals surface area contributed by atoms with E-state index in [4.69, 9.17) is 10.5 Å². The number of rotatable bonds is 0. The molecular formula is C12H12Cl2N2O. The number of ether oxygens (including phenoxy) is 1. The minimum absolute atomic E-state index is 0. The van der Waals surface area contributed by atoms with Gasteiger partial charge in [0.1, 0.15) is 12.4 Å². The first-order valence-electron chi connectivity index (χ1n) is 4.81. The van der Waals surface area contributed by atoms with Gasteiger partial charge in [0, 0.05) is 22.8 Å². The molecule has 2 aromatic rings. The highest BCUT2D eigenvalue weighted by Gasteiger charge is 2.12. The lowest BCUT2D eigenvalue weighted by molar-refractivity contribution is 0.346. The lowest BCUT2D eigenvalue weighted by Gasteiger charge is -2.16. The third-order valence-corrected chi connectivity index (χ3v) is 2.51. The van der Waals surface area contributed by atoms with E-state index in [2.05, 4.69) is 4.98 Å². The number of hydrogen-bond donors (Lipinski definition) is 1. The van der Waals surface area contributed by atoms with Crippen molar-refractivity contribution in [2.75, 3.05) is 6.61 Å². The molecule has 3 rings (SSSR count). The molecule has 0 saturated heterocycles. The minimum atomic E-state index is 0. The standard InChI is InChI=1S/C12H10N2O.2ClH/c13-8-6-10-9-2-1-5-14-11(9)3-4-12(10)15-7-8;;/h1-6H,7,13H2;2*1H. The number of fused-ring (bicyclic) bond motifs is 3. The van der Waals surface area contributed by atoms with E-state index in [0.29, 0.717) is 6.61 Å². The van der Waals surface area contributed by atoms with Crippen molar-refractivity contribution in [1.29, 1.82) is 0 Å². The summed E-state index contributed by atoms with van der Waals surface area (Å²) in [5, 5.41) is 1.08. The quantitative estimate of drug-likeness (QED) is 0.801. The van der Waals surface area contributed by atoms with Crippen molar-refractivity contribution in [2.24, 2.45) is 5.73 Å². The van der Waals surface area contributed by atoms with E-state index in [1.807, 2.05) is 30.3 Å². The summed E-state index contributed by atoms with van der Waals surface area (Å²) in [5.41, 5.74) is 8.50. The van der Waals surface area contributed by atoms with E-state index >= 15 is 0 Å². The van der Waals surface area contributed by atoms with Gasteiger partial charge in [-0.25, -0.2) is 0 Å². The van der Waals surface area contributed by atoms with Gasteiger partial charge in [-0.05, 0) is 24.3 Å². The highest BCUT2D eigenvalue weighted by molar-refractivity contribution is 5.91. The second kappa shape index (κ2) is 5.25. The third kappa shape index (κ3) is 2.30. The van der Waals surface area contributed by atoms with E-state index in [-0.39, 0.29) is 24.8 Å². The van der Waals surface area contributed by atoms with E-state index in [1.54, 1.807) is 6.20 Å². The summed E-state index contributed by atoms with van der Waals surface area (Å²) >= 11 is 0. The molecular weight excluding hydrogens is 259 g/mol. The smallest absolute Gasteiger partial charge is 0.128 e. The van der Waals surface area contributed by atoms with Gasteiger partial charge < -0.3 is 10.5 Å². The number of aromatic nitrogens is 1. The fourth-order valence-corrected chi connectivity index (χ4v) is 1.82. The van der Waals surface area contributed by atoms with Crippen molar-refractivity contribution < 1.29 is 4.74 Å². The second-order valence-corrected chi connectivity index (χ2v) is 3.56. The Hall–Kier alpha value is -1.45. The van der Waals surface area contributed by atoms with E-state index in [9.17, 15) is 0 Å². The summed E-state index contributed by atoms with van der Waals surface area (Å²) in [6, 6.07) is 7.85. The fourth-order valence-electron chi connectivity index (χ4n) is 1.82. The van der Waals surface area contributed by atoms with E-state index in [0.717, 1.165) is 27.9 Å². The molecule has 1 aliphatic heterocycles. The van der Waals surface area contributed by atoms with Crippen molar-refractivity contribution in [2.45, 2.75) is 0 Å². The molecule has 1 aromatic heterocycles. The average molecular weight is 271 g/mol. The van der Waals surface area contributed by atoms with Crippen LogP contribution in [0.5, 0.6) is 5.75 Å². The van der Waals surface area contributed by atoms with Crippen LogP contribution in [-0.2, 0) is 0 Å². The largest absolute Gasteiger partial charge is 0.487 e. The molecule has 2 heterocycles. The zero-order valence-corrected chi connectivity index (χ0v) is 10.6. The summed E-state index contributed by atoms with van der Waals surface area (Å²) in [6.07, 6.45) is 3.74. The maximum Gasteiger partial charge on any atom is 0.128 e. The molecule has 3 nitrogen and oxygen atoms in total. The molecule has 0 atom stereocenters. The fraction of sp³-hybridized carbons (Fsp3) is 0.0833.